The molecule has 2 heterocycles. The Morgan fingerprint density at radius 2 is 1.68 bits per heavy atom. The molecule has 2 aliphatic heterocycles. The van der Waals surface area contributed by atoms with Gasteiger partial charge in [-0.15, -0.1) is 0 Å². The molecule has 0 aliphatic carbocycles. The van der Waals surface area contributed by atoms with Gasteiger partial charge in [0.2, 0.25) is 0 Å². The molecule has 0 N–H and O–H groups in total. The fourth-order valence-corrected chi connectivity index (χ4v) is 3.23. The van der Waals surface area contributed by atoms with Crippen LogP contribution in [0.3, 0.4) is 0 Å². The fraction of sp³-hybridized carbons (Fsp3) is 1.00. The van der Waals surface area contributed by atoms with Crippen molar-refractivity contribution in [3.05, 3.63) is 10.4 Å². The Kier molecular flexibility index (Phi) is 9.86. The molecule has 28 heavy (non-hydrogen) atoms. The first kappa shape index (κ1) is 23.3. The minimum absolute atomic E-state index is 0.310. The van der Waals surface area contributed by atoms with Crippen molar-refractivity contribution in [2.24, 2.45) is 5.11 Å². The second kappa shape index (κ2) is 11.9. The van der Waals surface area contributed by atoms with E-state index in [1.165, 1.54) is 0 Å². The van der Waals surface area contributed by atoms with Crippen molar-refractivity contribution in [2.75, 3.05) is 60.4 Å². The average molecular weight is 405 g/mol. The van der Waals surface area contributed by atoms with Gasteiger partial charge in [-0.3, -0.25) is 0 Å². The number of ether oxygens (including phenoxy) is 8. The Morgan fingerprint density at radius 1 is 1.00 bits per heavy atom. The van der Waals surface area contributed by atoms with E-state index in [1.807, 2.05) is 13.8 Å². The van der Waals surface area contributed by atoms with Gasteiger partial charge in [-0.1, -0.05) is 5.11 Å². The largest absolute Gasteiger partial charge is 0.382 e. The van der Waals surface area contributed by atoms with Crippen molar-refractivity contribution in [1.82, 2.24) is 0 Å². The first-order valence-corrected chi connectivity index (χ1v) is 9.33. The molecular formula is C17H31N3O8. The predicted octanol–water partition coefficient (Wildman–Crippen LogP) is 1.25. The second-order valence-electron chi connectivity index (χ2n) is 6.81. The summed E-state index contributed by atoms with van der Waals surface area (Å²) in [5, 5.41) is 3.38. The summed E-state index contributed by atoms with van der Waals surface area (Å²) < 4.78 is 45.4. The topological polar surface area (TPSA) is 123 Å². The van der Waals surface area contributed by atoms with Crippen LogP contribution in [0.4, 0.5) is 0 Å². The predicted molar refractivity (Wildman–Crippen MR) is 96.8 cm³/mol. The molecule has 0 aromatic heterocycles. The number of hydrogen-bond acceptors (Lipinski definition) is 9. The Labute approximate surface area is 165 Å². The smallest absolute Gasteiger partial charge is 0.187 e. The molecule has 0 radical (unpaired) electrons. The Morgan fingerprint density at radius 3 is 2.36 bits per heavy atom. The monoisotopic (exact) mass is 405 g/mol. The molecule has 0 unspecified atom stereocenters. The van der Waals surface area contributed by atoms with Gasteiger partial charge in [-0.25, -0.2) is 0 Å². The van der Waals surface area contributed by atoms with Crippen LogP contribution in [0.1, 0.15) is 13.8 Å². The maximum atomic E-state index is 8.16. The lowest BCUT2D eigenvalue weighted by atomic mass is 9.99. The summed E-state index contributed by atoms with van der Waals surface area (Å²) >= 11 is 0. The number of nitrogens with zero attached hydrogens (tertiary/aromatic N) is 3. The average Bonchev–Trinajstić information content (AvgIpc) is 2.98. The van der Waals surface area contributed by atoms with E-state index < -0.39 is 18.2 Å². The molecule has 0 spiro atoms. The van der Waals surface area contributed by atoms with Crippen molar-refractivity contribution in [2.45, 2.75) is 50.3 Å². The molecule has 162 valence electrons. The molecule has 0 saturated carbocycles. The summed E-state index contributed by atoms with van der Waals surface area (Å²) in [5.41, 5.74) is 8.16. The Bertz CT molecular complexity index is 503. The third-order valence-corrected chi connectivity index (χ3v) is 4.31. The highest BCUT2D eigenvalue weighted by atomic mass is 16.8. The zero-order chi connectivity index (χ0) is 20.4. The van der Waals surface area contributed by atoms with Crippen LogP contribution in [-0.2, 0) is 37.9 Å². The highest BCUT2D eigenvalue weighted by Gasteiger charge is 2.56. The van der Waals surface area contributed by atoms with Crippen LogP contribution in [0.5, 0.6) is 0 Å². The van der Waals surface area contributed by atoms with E-state index >= 15 is 0 Å². The lowest BCUT2D eigenvalue weighted by Gasteiger charge is -2.41. The molecule has 11 heteroatoms. The fourth-order valence-electron chi connectivity index (χ4n) is 3.23. The zero-order valence-corrected chi connectivity index (χ0v) is 16.9. The van der Waals surface area contributed by atoms with Crippen LogP contribution in [0.25, 0.3) is 10.4 Å². The van der Waals surface area contributed by atoms with Crippen molar-refractivity contribution in [3.8, 4) is 0 Å². The van der Waals surface area contributed by atoms with Crippen LogP contribution in [0.2, 0.25) is 0 Å². The van der Waals surface area contributed by atoms with Gasteiger partial charge in [-0.2, -0.15) is 0 Å². The number of methoxy groups -OCH3 is 2. The van der Waals surface area contributed by atoms with Crippen LogP contribution < -0.4 is 0 Å². The maximum absolute atomic E-state index is 8.16. The quantitative estimate of drug-likeness (QED) is 0.194. The lowest BCUT2D eigenvalue weighted by Crippen LogP contribution is -2.58. The molecule has 5 atom stereocenters. The van der Waals surface area contributed by atoms with Gasteiger partial charge in [0.1, 0.15) is 24.4 Å². The van der Waals surface area contributed by atoms with Crippen LogP contribution in [0, 0.1) is 0 Å². The van der Waals surface area contributed by atoms with Gasteiger partial charge in [0, 0.05) is 25.7 Å². The van der Waals surface area contributed by atoms with E-state index in [2.05, 4.69) is 10.0 Å². The highest BCUT2D eigenvalue weighted by Crippen LogP contribution is 2.38. The standard InChI is InChI=1S/C17H31N3O8/c1-17(2)27-14-13(22-4)12(11-21-3)26-16(15(14)28-17)25-10-9-24-8-7-23-6-5-19-20-18/h12-16H,5-11H2,1-4H3/t12-,13-,14+,15+,16+/m1/s1. The molecular weight excluding hydrogens is 374 g/mol. The van der Waals surface area contributed by atoms with E-state index in [4.69, 9.17) is 43.4 Å². The van der Waals surface area contributed by atoms with E-state index in [9.17, 15) is 0 Å². The van der Waals surface area contributed by atoms with E-state index in [1.54, 1.807) is 14.2 Å². The molecule has 2 rings (SSSR count). The first-order valence-electron chi connectivity index (χ1n) is 9.33. The number of hydrogen-bond donors (Lipinski definition) is 0. The maximum Gasteiger partial charge on any atom is 0.187 e. The highest BCUT2D eigenvalue weighted by molar-refractivity contribution is 4.97. The van der Waals surface area contributed by atoms with Gasteiger partial charge in [0.05, 0.1) is 39.6 Å². The Balaban J connectivity index is 1.74. The van der Waals surface area contributed by atoms with Crippen molar-refractivity contribution in [3.63, 3.8) is 0 Å². The SMILES string of the molecule is COC[C@H]1O[C@H](OCCOCCOCCN=[N+]=[N-])[C@H]2OC(C)(C)O[C@H]2[C@@H]1OC. The van der Waals surface area contributed by atoms with Gasteiger partial charge in [0.25, 0.3) is 0 Å². The van der Waals surface area contributed by atoms with Crippen molar-refractivity contribution in [1.29, 1.82) is 0 Å². The summed E-state index contributed by atoms with van der Waals surface area (Å²) in [6, 6.07) is 0. The minimum Gasteiger partial charge on any atom is -0.382 e. The summed E-state index contributed by atoms with van der Waals surface area (Å²) in [4.78, 5) is 2.65. The minimum atomic E-state index is -0.748. The summed E-state index contributed by atoms with van der Waals surface area (Å²) in [5.74, 6) is -0.748. The molecule has 0 aromatic rings. The van der Waals surface area contributed by atoms with Gasteiger partial charge in [0.15, 0.2) is 12.1 Å². The molecule has 2 aliphatic rings. The molecule has 2 fully saturated rings. The Hall–Kier alpha value is -1.01. The third kappa shape index (κ3) is 6.80. The van der Waals surface area contributed by atoms with Gasteiger partial charge >= 0.3 is 0 Å². The van der Waals surface area contributed by atoms with Crippen LogP contribution in [0.15, 0.2) is 5.11 Å². The molecule has 0 aromatic carbocycles. The number of fused-ring (bicyclic) bond motifs is 1. The third-order valence-electron chi connectivity index (χ3n) is 4.31. The van der Waals surface area contributed by atoms with Crippen molar-refractivity contribution >= 4 is 0 Å². The van der Waals surface area contributed by atoms with E-state index in [0.717, 1.165) is 0 Å². The second-order valence-corrected chi connectivity index (χ2v) is 6.81. The molecule has 2 saturated heterocycles. The number of azide groups is 1. The molecule has 0 bridgehead atoms. The van der Waals surface area contributed by atoms with Crippen LogP contribution >= 0.6 is 0 Å². The van der Waals surface area contributed by atoms with Crippen molar-refractivity contribution < 1.29 is 37.9 Å². The lowest BCUT2D eigenvalue weighted by molar-refractivity contribution is -0.286. The first-order chi connectivity index (χ1) is 13.5. The van der Waals surface area contributed by atoms with Crippen LogP contribution in [-0.4, -0.2) is 96.9 Å². The summed E-state index contributed by atoms with van der Waals surface area (Å²) in [6.07, 6.45) is -1.97. The zero-order valence-electron chi connectivity index (χ0n) is 16.9. The van der Waals surface area contributed by atoms with E-state index in [0.29, 0.717) is 46.2 Å². The summed E-state index contributed by atoms with van der Waals surface area (Å²) in [6.45, 7) is 6.29. The molecule has 0 amide bonds. The van der Waals surface area contributed by atoms with Gasteiger partial charge in [-0.05, 0) is 19.4 Å². The summed E-state index contributed by atoms with van der Waals surface area (Å²) in [7, 11) is 3.22. The van der Waals surface area contributed by atoms with Gasteiger partial charge < -0.3 is 37.9 Å². The molecule has 11 nitrogen and oxygen atoms in total. The van der Waals surface area contributed by atoms with E-state index in [-0.39, 0.29) is 18.3 Å². The number of rotatable bonds is 13. The normalized spacial score (nSPS) is 31.4.